The summed E-state index contributed by atoms with van der Waals surface area (Å²) in [6.45, 7) is 6.62. The minimum atomic E-state index is -0.851. The lowest BCUT2D eigenvalue weighted by Gasteiger charge is -2.37. The Hall–Kier alpha value is -4.11. The lowest BCUT2D eigenvalue weighted by molar-refractivity contribution is 0.0980. The van der Waals surface area contributed by atoms with E-state index in [1.54, 1.807) is 6.20 Å². The van der Waals surface area contributed by atoms with Gasteiger partial charge >= 0.3 is 6.01 Å². The number of aromatic nitrogens is 4. The molecule has 10 heteroatoms. The predicted octanol–water partition coefficient (Wildman–Crippen LogP) is 5.23. The highest BCUT2D eigenvalue weighted by atomic mass is 35.5. The maximum atomic E-state index is 14.3. The number of rotatable bonds is 5. The summed E-state index contributed by atoms with van der Waals surface area (Å²) in [5.74, 6) is 0.698. The van der Waals surface area contributed by atoms with Crippen LogP contribution in [0.5, 0.6) is 11.9 Å². The Bertz CT molecular complexity index is 1600. The van der Waals surface area contributed by atoms with Gasteiger partial charge in [0.25, 0.3) is 5.91 Å². The second-order valence-electron chi connectivity index (χ2n) is 9.76. The SMILES string of the molecule is COc1ncc(-c2nc3c(n2C(C)C)C2(CNc4cc(Cl)ccc42)N(c2cccc(C)c2)C3=O)c(OC)n1. The standard InChI is InChI=1S/C28H27ClN6O3/c1-15(2)34-23-22(32-24(34)19-13-30-27(38-5)33-25(19)37-4)26(36)35(18-8-6-7-16(3)11-18)28(23)14-31-21-12-17(29)9-10-20(21)28/h6-13,15,31H,14H2,1-5H3. The van der Waals surface area contributed by atoms with Crippen molar-refractivity contribution in [2.24, 2.45) is 0 Å². The summed E-state index contributed by atoms with van der Waals surface area (Å²) >= 11 is 6.37. The molecule has 1 unspecified atom stereocenters. The van der Waals surface area contributed by atoms with Crippen LogP contribution in [0.3, 0.4) is 0 Å². The third kappa shape index (κ3) is 3.31. The van der Waals surface area contributed by atoms with Crippen LogP contribution in [0, 0.1) is 6.92 Å². The summed E-state index contributed by atoms with van der Waals surface area (Å²) in [6, 6.07) is 13.9. The second kappa shape index (κ2) is 8.73. The van der Waals surface area contributed by atoms with Gasteiger partial charge in [0.2, 0.25) is 5.88 Å². The van der Waals surface area contributed by atoms with E-state index in [4.69, 9.17) is 26.1 Å². The Balaban J connectivity index is 1.67. The van der Waals surface area contributed by atoms with Crippen molar-refractivity contribution in [3.05, 3.63) is 76.2 Å². The van der Waals surface area contributed by atoms with Gasteiger partial charge in [-0.05, 0) is 50.6 Å². The van der Waals surface area contributed by atoms with Gasteiger partial charge in [0.15, 0.2) is 5.69 Å². The zero-order valence-electron chi connectivity index (χ0n) is 21.7. The van der Waals surface area contributed by atoms with E-state index in [1.165, 1.54) is 14.2 Å². The molecule has 38 heavy (non-hydrogen) atoms. The van der Waals surface area contributed by atoms with Crippen LogP contribution in [-0.2, 0) is 5.54 Å². The first-order chi connectivity index (χ1) is 18.3. The monoisotopic (exact) mass is 530 g/mol. The third-order valence-corrected chi connectivity index (χ3v) is 7.41. The van der Waals surface area contributed by atoms with E-state index in [-0.39, 0.29) is 18.0 Å². The molecule has 6 rings (SSSR count). The third-order valence-electron chi connectivity index (χ3n) is 7.18. The molecule has 0 aliphatic carbocycles. The van der Waals surface area contributed by atoms with Crippen molar-refractivity contribution in [2.75, 3.05) is 31.0 Å². The summed E-state index contributed by atoms with van der Waals surface area (Å²) in [4.78, 5) is 29.8. The van der Waals surface area contributed by atoms with Crippen molar-refractivity contribution in [1.82, 2.24) is 19.5 Å². The van der Waals surface area contributed by atoms with Crippen molar-refractivity contribution in [3.63, 3.8) is 0 Å². The van der Waals surface area contributed by atoms with Crippen LogP contribution in [-0.4, -0.2) is 46.2 Å². The van der Waals surface area contributed by atoms with Crippen molar-refractivity contribution in [2.45, 2.75) is 32.4 Å². The molecule has 1 spiro atoms. The molecule has 4 heterocycles. The topological polar surface area (TPSA) is 94.4 Å². The van der Waals surface area contributed by atoms with E-state index < -0.39 is 5.54 Å². The van der Waals surface area contributed by atoms with Crippen molar-refractivity contribution in [1.29, 1.82) is 0 Å². The maximum absolute atomic E-state index is 14.3. The molecule has 194 valence electrons. The van der Waals surface area contributed by atoms with Crippen molar-refractivity contribution >= 4 is 28.9 Å². The number of amides is 1. The van der Waals surface area contributed by atoms with Gasteiger partial charge in [0.1, 0.15) is 11.4 Å². The Kier molecular flexibility index (Phi) is 5.57. The molecule has 0 saturated carbocycles. The Morgan fingerprint density at radius 1 is 1.11 bits per heavy atom. The van der Waals surface area contributed by atoms with Gasteiger partial charge in [0, 0.05) is 40.7 Å². The number of nitrogens with one attached hydrogen (secondary N) is 1. The highest BCUT2D eigenvalue weighted by Gasteiger charge is 2.59. The fourth-order valence-corrected chi connectivity index (χ4v) is 5.84. The van der Waals surface area contributed by atoms with Crippen molar-refractivity contribution < 1.29 is 14.3 Å². The van der Waals surface area contributed by atoms with Gasteiger partial charge in [-0.15, -0.1) is 0 Å². The van der Waals surface area contributed by atoms with Gasteiger partial charge in [0.05, 0.1) is 25.5 Å². The van der Waals surface area contributed by atoms with E-state index in [0.29, 0.717) is 34.5 Å². The Morgan fingerprint density at radius 3 is 2.63 bits per heavy atom. The average Bonchev–Trinajstić information content (AvgIpc) is 3.54. The van der Waals surface area contributed by atoms with Gasteiger partial charge < -0.3 is 19.4 Å². The number of nitrogens with zero attached hydrogens (tertiary/aromatic N) is 5. The largest absolute Gasteiger partial charge is 0.480 e. The minimum Gasteiger partial charge on any atom is -0.480 e. The second-order valence-corrected chi connectivity index (χ2v) is 10.2. The van der Waals surface area contributed by atoms with E-state index in [0.717, 1.165) is 28.2 Å². The lowest BCUT2D eigenvalue weighted by atomic mass is 9.87. The number of anilines is 2. The molecule has 0 fully saturated rings. The smallest absolute Gasteiger partial charge is 0.319 e. The molecule has 4 aromatic rings. The Morgan fingerprint density at radius 2 is 1.92 bits per heavy atom. The van der Waals surface area contributed by atoms with Crippen LogP contribution in [0.4, 0.5) is 11.4 Å². The number of hydrogen-bond acceptors (Lipinski definition) is 7. The molecular weight excluding hydrogens is 504 g/mol. The fraction of sp³-hybridized carbons (Fsp3) is 0.286. The number of hydrogen-bond donors (Lipinski definition) is 1. The molecule has 0 bridgehead atoms. The maximum Gasteiger partial charge on any atom is 0.319 e. The number of carbonyl (C=O) groups excluding carboxylic acids is 1. The predicted molar refractivity (Wildman–Crippen MR) is 145 cm³/mol. The summed E-state index contributed by atoms with van der Waals surface area (Å²) in [7, 11) is 3.03. The minimum absolute atomic E-state index is 0.0495. The summed E-state index contributed by atoms with van der Waals surface area (Å²) in [5.41, 5.74) is 4.63. The number of ether oxygens (including phenoxy) is 2. The molecule has 2 aliphatic rings. The highest BCUT2D eigenvalue weighted by molar-refractivity contribution is 6.31. The van der Waals surface area contributed by atoms with E-state index in [2.05, 4.69) is 33.7 Å². The molecule has 2 aromatic carbocycles. The number of halogens is 1. The first kappa shape index (κ1) is 24.2. The van der Waals surface area contributed by atoms with Crippen LogP contribution in [0.2, 0.25) is 5.02 Å². The van der Waals surface area contributed by atoms with E-state index >= 15 is 0 Å². The number of aryl methyl sites for hydroxylation is 1. The van der Waals surface area contributed by atoms with Crippen LogP contribution < -0.4 is 19.7 Å². The zero-order chi connectivity index (χ0) is 26.8. The van der Waals surface area contributed by atoms with Crippen LogP contribution in [0.15, 0.2) is 48.7 Å². The normalized spacial score (nSPS) is 17.7. The number of fused-ring (bicyclic) bond motifs is 4. The van der Waals surface area contributed by atoms with Crippen LogP contribution in [0.25, 0.3) is 11.4 Å². The number of carbonyl (C=O) groups is 1. The molecule has 9 nitrogen and oxygen atoms in total. The van der Waals surface area contributed by atoms with Crippen LogP contribution >= 0.6 is 11.6 Å². The molecule has 2 aliphatic heterocycles. The summed E-state index contributed by atoms with van der Waals surface area (Å²) < 4.78 is 12.9. The van der Waals surface area contributed by atoms with Crippen molar-refractivity contribution in [3.8, 4) is 23.3 Å². The van der Waals surface area contributed by atoms with E-state index in [9.17, 15) is 4.79 Å². The molecule has 1 atom stereocenters. The van der Waals surface area contributed by atoms with Crippen LogP contribution in [0.1, 0.15) is 47.2 Å². The lowest BCUT2D eigenvalue weighted by Crippen LogP contribution is -2.48. The van der Waals surface area contributed by atoms with Gasteiger partial charge in [-0.25, -0.2) is 9.97 Å². The highest BCUT2D eigenvalue weighted by Crippen LogP contribution is 2.54. The van der Waals surface area contributed by atoms with Gasteiger partial charge in [-0.1, -0.05) is 29.8 Å². The number of benzene rings is 2. The van der Waals surface area contributed by atoms with Gasteiger partial charge in [-0.2, -0.15) is 4.98 Å². The summed E-state index contributed by atoms with van der Waals surface area (Å²) in [5, 5.41) is 4.14. The van der Waals surface area contributed by atoms with Gasteiger partial charge in [-0.3, -0.25) is 9.69 Å². The zero-order valence-corrected chi connectivity index (χ0v) is 22.5. The first-order valence-electron chi connectivity index (χ1n) is 12.3. The molecule has 1 amide bonds. The van der Waals surface area contributed by atoms with E-state index in [1.807, 2.05) is 54.3 Å². The average molecular weight is 531 g/mol. The number of methoxy groups -OCH3 is 2. The first-order valence-corrected chi connectivity index (χ1v) is 12.7. The molecule has 1 N–H and O–H groups in total. The summed E-state index contributed by atoms with van der Waals surface area (Å²) in [6.07, 6.45) is 1.62. The molecule has 0 saturated heterocycles. The number of imidazole rings is 1. The molecule has 0 radical (unpaired) electrons. The molecule has 2 aromatic heterocycles. The Labute approximate surface area is 225 Å². The quantitative estimate of drug-likeness (QED) is 0.377. The molecular formula is C28H27ClN6O3. The fourth-order valence-electron chi connectivity index (χ4n) is 5.67.